The first-order valence-electron chi connectivity index (χ1n) is 2.70. The number of dihydropyridines is 1. The van der Waals surface area contributed by atoms with Gasteiger partial charge in [0.15, 0.2) is 11.7 Å². The Bertz CT molecular complexity index is 246. The molecule has 1 heterocycles. The van der Waals surface area contributed by atoms with E-state index in [1.54, 1.807) is 6.08 Å². The summed E-state index contributed by atoms with van der Waals surface area (Å²) in [5.41, 5.74) is 5.29. The van der Waals surface area contributed by atoms with Gasteiger partial charge in [0.2, 0.25) is 0 Å². The molecule has 0 bridgehead atoms. The second kappa shape index (κ2) is 2.34. The van der Waals surface area contributed by atoms with Crippen molar-refractivity contribution in [2.75, 3.05) is 0 Å². The molecule has 1 aliphatic heterocycles. The summed E-state index contributed by atoms with van der Waals surface area (Å²) in [5, 5.41) is 15.9. The van der Waals surface area contributed by atoms with Crippen molar-refractivity contribution in [2.45, 2.75) is 0 Å². The molecule has 0 amide bonds. The molecule has 0 atom stereocenters. The van der Waals surface area contributed by atoms with Gasteiger partial charge in [0, 0.05) is 6.21 Å². The normalized spacial score (nSPS) is 21.4. The summed E-state index contributed by atoms with van der Waals surface area (Å²) in [4.78, 5) is 3.61. The summed E-state index contributed by atoms with van der Waals surface area (Å²) >= 11 is 0. The molecule has 4 N–H and O–H groups in total. The lowest BCUT2D eigenvalue weighted by atomic mass is 10.2. The van der Waals surface area contributed by atoms with E-state index in [0.29, 0.717) is 0 Å². The smallest absolute Gasteiger partial charge is 0.192 e. The first kappa shape index (κ1) is 6.54. The maximum atomic E-state index is 8.74. The summed E-state index contributed by atoms with van der Waals surface area (Å²) in [7, 11) is 0. The summed E-state index contributed by atoms with van der Waals surface area (Å²) in [5.74, 6) is -0.374. The largest absolute Gasteiger partial charge is 0.494 e. The van der Waals surface area contributed by atoms with Gasteiger partial charge >= 0.3 is 0 Å². The van der Waals surface area contributed by atoms with E-state index in [-0.39, 0.29) is 17.3 Å². The van der Waals surface area contributed by atoms with Crippen LogP contribution in [0.5, 0.6) is 0 Å². The zero-order chi connectivity index (χ0) is 7.56. The van der Waals surface area contributed by atoms with Crippen LogP contribution in [0.15, 0.2) is 28.6 Å². The summed E-state index contributed by atoms with van der Waals surface area (Å²) in [6, 6.07) is 0. The molecule has 0 saturated heterocycles. The van der Waals surface area contributed by atoms with Crippen LogP contribution in [0.4, 0.5) is 0 Å². The van der Waals surface area contributed by atoms with Gasteiger partial charge in [-0.25, -0.2) is 4.99 Å². The molecule has 52 valence electrons. The molecule has 0 aromatic heterocycles. The highest BCUT2D eigenvalue weighted by Crippen LogP contribution is 2.05. The predicted octanol–water partition coefficient (Wildman–Crippen LogP) is 0.333. The van der Waals surface area contributed by atoms with Crippen LogP contribution in [-0.4, -0.2) is 17.2 Å². The molecule has 0 unspecified atom stereocenters. The van der Waals surface area contributed by atoms with Crippen LogP contribution in [0, 0.1) is 5.41 Å². The van der Waals surface area contributed by atoms with Crippen molar-refractivity contribution in [1.29, 1.82) is 5.41 Å². The number of nitrogens with zero attached hydrogens (tertiary/aromatic N) is 1. The molecule has 4 heteroatoms. The van der Waals surface area contributed by atoms with E-state index in [1.165, 1.54) is 12.3 Å². The Balaban J connectivity index is 3.02. The van der Waals surface area contributed by atoms with Crippen LogP contribution in [0.3, 0.4) is 0 Å². The Hall–Kier alpha value is -1.58. The highest BCUT2D eigenvalue weighted by molar-refractivity contribution is 6.07. The third-order valence-electron chi connectivity index (χ3n) is 1.08. The number of nitrogens with two attached hydrogens (primary N) is 1. The Morgan fingerprint density at radius 1 is 1.70 bits per heavy atom. The molecule has 0 radical (unpaired) electrons. The number of aliphatic hydroxyl groups is 1. The van der Waals surface area contributed by atoms with E-state index < -0.39 is 0 Å². The number of aliphatic imine (C=N–C) groups is 1. The number of nitrogens with one attached hydrogen (secondary N) is 1. The van der Waals surface area contributed by atoms with Gasteiger partial charge in [-0.1, -0.05) is 0 Å². The van der Waals surface area contributed by atoms with E-state index in [1.807, 2.05) is 0 Å². The van der Waals surface area contributed by atoms with Gasteiger partial charge in [-0.2, -0.15) is 0 Å². The van der Waals surface area contributed by atoms with Crippen LogP contribution >= 0.6 is 0 Å². The number of aliphatic hydroxyl groups excluding tert-OH is 1. The van der Waals surface area contributed by atoms with Crippen LogP contribution in [0.1, 0.15) is 0 Å². The van der Waals surface area contributed by atoms with Crippen molar-refractivity contribution in [3.8, 4) is 0 Å². The second-order valence-electron chi connectivity index (χ2n) is 1.78. The topological polar surface area (TPSA) is 82.5 Å². The van der Waals surface area contributed by atoms with Crippen LogP contribution in [-0.2, 0) is 0 Å². The Kier molecular flexibility index (Phi) is 1.53. The van der Waals surface area contributed by atoms with Gasteiger partial charge in [-0.3, -0.25) is 5.41 Å². The number of hydrogen-bond acceptors (Lipinski definition) is 3. The van der Waals surface area contributed by atoms with Gasteiger partial charge < -0.3 is 10.8 Å². The molecule has 0 fully saturated rings. The molecule has 0 aliphatic carbocycles. The van der Waals surface area contributed by atoms with Gasteiger partial charge in [0.05, 0.1) is 5.57 Å². The first-order valence-corrected chi connectivity index (χ1v) is 2.70. The zero-order valence-corrected chi connectivity index (χ0v) is 5.20. The monoisotopic (exact) mass is 137 g/mol. The molecule has 0 aromatic rings. The van der Waals surface area contributed by atoms with Gasteiger partial charge in [-0.05, 0) is 12.2 Å². The van der Waals surface area contributed by atoms with Crippen LogP contribution in [0.2, 0.25) is 0 Å². The van der Waals surface area contributed by atoms with E-state index >= 15 is 0 Å². The number of hydrogen-bond donors (Lipinski definition) is 3. The standard InChI is InChI=1S/C6H7N3O/c7-5-4(6(8)10)2-1-3-9-5/h1-3,7,10H,8H2/b6-4+,7-5?. The van der Waals surface area contributed by atoms with Gasteiger partial charge in [0.1, 0.15) is 0 Å². The maximum Gasteiger partial charge on any atom is 0.192 e. The molecule has 1 rings (SSSR count). The fourth-order valence-electron chi connectivity index (χ4n) is 0.612. The van der Waals surface area contributed by atoms with Crippen molar-refractivity contribution in [3.63, 3.8) is 0 Å². The maximum absolute atomic E-state index is 8.74. The molecule has 0 saturated carbocycles. The van der Waals surface area contributed by atoms with Gasteiger partial charge in [0.25, 0.3) is 0 Å². The van der Waals surface area contributed by atoms with E-state index in [2.05, 4.69) is 4.99 Å². The molecular weight excluding hydrogens is 130 g/mol. The van der Waals surface area contributed by atoms with Crippen molar-refractivity contribution in [2.24, 2.45) is 10.7 Å². The molecular formula is C6H7N3O. The third kappa shape index (κ3) is 1.05. The minimum atomic E-state index is -0.363. The fraction of sp³-hybridized carbons (Fsp3) is 0. The predicted molar refractivity (Wildman–Crippen MR) is 39.2 cm³/mol. The Morgan fingerprint density at radius 2 is 2.40 bits per heavy atom. The zero-order valence-electron chi connectivity index (χ0n) is 5.20. The summed E-state index contributed by atoms with van der Waals surface area (Å²) < 4.78 is 0. The number of amidine groups is 1. The van der Waals surface area contributed by atoms with E-state index in [4.69, 9.17) is 16.2 Å². The lowest BCUT2D eigenvalue weighted by molar-refractivity contribution is 0.403. The minimum absolute atomic E-state index is 0.0116. The van der Waals surface area contributed by atoms with Crippen molar-refractivity contribution < 1.29 is 5.11 Å². The lowest BCUT2D eigenvalue weighted by Crippen LogP contribution is -2.08. The Labute approximate surface area is 57.9 Å². The van der Waals surface area contributed by atoms with Crippen LogP contribution in [0.25, 0.3) is 0 Å². The van der Waals surface area contributed by atoms with E-state index in [9.17, 15) is 0 Å². The number of rotatable bonds is 0. The Morgan fingerprint density at radius 3 is 2.80 bits per heavy atom. The fourth-order valence-corrected chi connectivity index (χ4v) is 0.612. The van der Waals surface area contributed by atoms with Crippen molar-refractivity contribution >= 4 is 12.1 Å². The van der Waals surface area contributed by atoms with Crippen LogP contribution < -0.4 is 5.73 Å². The molecule has 0 spiro atoms. The quantitative estimate of drug-likeness (QED) is 0.420. The summed E-state index contributed by atoms with van der Waals surface area (Å²) in [6.45, 7) is 0. The molecule has 4 nitrogen and oxygen atoms in total. The van der Waals surface area contributed by atoms with Crippen molar-refractivity contribution in [3.05, 3.63) is 23.6 Å². The first-order chi connectivity index (χ1) is 4.72. The molecule has 1 aliphatic rings. The van der Waals surface area contributed by atoms with E-state index in [0.717, 1.165) is 0 Å². The second-order valence-corrected chi connectivity index (χ2v) is 1.78. The average Bonchev–Trinajstić information content (AvgIpc) is 1.88. The molecule has 10 heavy (non-hydrogen) atoms. The summed E-state index contributed by atoms with van der Waals surface area (Å²) in [6.07, 6.45) is 4.61. The average molecular weight is 137 g/mol. The van der Waals surface area contributed by atoms with Crippen molar-refractivity contribution in [1.82, 2.24) is 0 Å². The lowest BCUT2D eigenvalue weighted by Gasteiger charge is -2.02. The number of allylic oxidation sites excluding steroid dienone is 1. The van der Waals surface area contributed by atoms with Gasteiger partial charge in [-0.15, -0.1) is 0 Å². The molecule has 0 aromatic carbocycles. The minimum Gasteiger partial charge on any atom is -0.494 e. The third-order valence-corrected chi connectivity index (χ3v) is 1.08. The SMILES string of the molecule is N=C1N=CC=C/C1=C(/N)O. The highest BCUT2D eigenvalue weighted by Gasteiger charge is 2.06. The highest BCUT2D eigenvalue weighted by atomic mass is 16.3.